The van der Waals surface area contributed by atoms with Crippen LogP contribution in [0.2, 0.25) is 0 Å². The van der Waals surface area contributed by atoms with Crippen LogP contribution in [-0.2, 0) is 16.3 Å². The molecule has 2 aliphatic rings. The second-order valence-corrected chi connectivity index (χ2v) is 7.86. The molecule has 1 fully saturated rings. The van der Waals surface area contributed by atoms with E-state index in [1.54, 1.807) is 0 Å². The molecule has 106 valence electrons. The van der Waals surface area contributed by atoms with E-state index in [1.807, 2.05) is 17.9 Å². The van der Waals surface area contributed by atoms with Gasteiger partial charge >= 0.3 is 0 Å². The molecule has 0 aromatic carbocycles. The molecule has 1 N–H and O–H groups in total. The van der Waals surface area contributed by atoms with Gasteiger partial charge in [-0.15, -0.1) is 0 Å². The van der Waals surface area contributed by atoms with Crippen LogP contribution >= 0.6 is 0 Å². The lowest BCUT2D eigenvalue weighted by atomic mass is 10.1. The maximum Gasteiger partial charge on any atom is 0.152 e. The molecule has 0 bridgehead atoms. The summed E-state index contributed by atoms with van der Waals surface area (Å²) in [5.74, 6) is 0.563. The minimum Gasteiger partial charge on any atom is -0.313 e. The quantitative estimate of drug-likeness (QED) is 0.829. The number of sulfone groups is 1. The molecule has 0 radical (unpaired) electrons. The SMILES string of the molecule is CNC1CCCCc2c1cnn2C1CCS(=O)(=O)C1. The van der Waals surface area contributed by atoms with Gasteiger partial charge in [0.25, 0.3) is 0 Å². The van der Waals surface area contributed by atoms with E-state index in [1.165, 1.54) is 17.7 Å². The zero-order chi connectivity index (χ0) is 13.5. The van der Waals surface area contributed by atoms with Crippen LogP contribution in [0, 0.1) is 0 Å². The van der Waals surface area contributed by atoms with Gasteiger partial charge in [-0.3, -0.25) is 4.68 Å². The lowest BCUT2D eigenvalue weighted by Crippen LogP contribution is -2.18. The maximum absolute atomic E-state index is 11.6. The van der Waals surface area contributed by atoms with Crippen LogP contribution in [0.3, 0.4) is 0 Å². The van der Waals surface area contributed by atoms with Crippen LogP contribution in [0.4, 0.5) is 0 Å². The largest absolute Gasteiger partial charge is 0.313 e. The number of rotatable bonds is 2. The minimum atomic E-state index is -2.85. The van der Waals surface area contributed by atoms with Crippen LogP contribution in [-0.4, -0.2) is 36.8 Å². The van der Waals surface area contributed by atoms with Crippen molar-refractivity contribution in [3.63, 3.8) is 0 Å². The number of aromatic nitrogens is 2. The highest BCUT2D eigenvalue weighted by atomic mass is 32.2. The first-order valence-electron chi connectivity index (χ1n) is 7.05. The van der Waals surface area contributed by atoms with Crippen LogP contribution in [0.1, 0.15) is 49.0 Å². The molecular formula is C13H21N3O2S. The second kappa shape index (κ2) is 4.90. The van der Waals surface area contributed by atoms with E-state index in [0.717, 1.165) is 19.3 Å². The van der Waals surface area contributed by atoms with Crippen molar-refractivity contribution in [2.45, 2.75) is 44.2 Å². The Labute approximate surface area is 114 Å². The number of nitrogens with zero attached hydrogens (tertiary/aromatic N) is 2. The lowest BCUT2D eigenvalue weighted by molar-refractivity contribution is 0.477. The van der Waals surface area contributed by atoms with Gasteiger partial charge in [-0.05, 0) is 32.7 Å². The molecule has 6 heteroatoms. The highest BCUT2D eigenvalue weighted by Crippen LogP contribution is 2.32. The molecule has 2 heterocycles. The zero-order valence-corrected chi connectivity index (χ0v) is 12.1. The van der Waals surface area contributed by atoms with Crippen molar-refractivity contribution < 1.29 is 8.42 Å². The first-order valence-corrected chi connectivity index (χ1v) is 8.87. The molecule has 1 aromatic rings. The van der Waals surface area contributed by atoms with Gasteiger partial charge in [-0.25, -0.2) is 8.42 Å². The van der Waals surface area contributed by atoms with Gasteiger partial charge in [0, 0.05) is 17.3 Å². The predicted octanol–water partition coefficient (Wildman–Crippen LogP) is 1.23. The summed E-state index contributed by atoms with van der Waals surface area (Å²) in [5, 5.41) is 7.85. The molecule has 1 aliphatic heterocycles. The molecule has 1 saturated heterocycles. The topological polar surface area (TPSA) is 64.0 Å². The zero-order valence-electron chi connectivity index (χ0n) is 11.3. The van der Waals surface area contributed by atoms with Gasteiger partial charge in [0.1, 0.15) is 0 Å². The Morgan fingerprint density at radius 2 is 2.21 bits per heavy atom. The maximum atomic E-state index is 11.6. The number of hydrogen-bond donors (Lipinski definition) is 1. The van der Waals surface area contributed by atoms with Gasteiger partial charge in [-0.2, -0.15) is 5.10 Å². The third-order valence-corrected chi connectivity index (χ3v) is 6.12. The normalized spacial score (nSPS) is 29.9. The van der Waals surface area contributed by atoms with E-state index < -0.39 is 9.84 Å². The lowest BCUT2D eigenvalue weighted by Gasteiger charge is -2.16. The fourth-order valence-electron chi connectivity index (χ4n) is 3.33. The average molecular weight is 283 g/mol. The standard InChI is InChI=1S/C13H21N3O2S/c1-14-12-4-2-3-5-13-11(12)8-15-16(13)10-6-7-19(17,18)9-10/h8,10,12,14H,2-7,9H2,1H3. The first kappa shape index (κ1) is 13.1. The van der Waals surface area contributed by atoms with Crippen molar-refractivity contribution >= 4 is 9.84 Å². The van der Waals surface area contributed by atoms with Gasteiger partial charge < -0.3 is 5.32 Å². The average Bonchev–Trinajstić information content (AvgIpc) is 2.87. The van der Waals surface area contributed by atoms with E-state index >= 15 is 0 Å². The van der Waals surface area contributed by atoms with E-state index in [0.29, 0.717) is 18.2 Å². The Morgan fingerprint density at radius 3 is 2.89 bits per heavy atom. The summed E-state index contributed by atoms with van der Waals surface area (Å²) < 4.78 is 25.3. The summed E-state index contributed by atoms with van der Waals surface area (Å²) in [4.78, 5) is 0. The van der Waals surface area contributed by atoms with E-state index in [2.05, 4.69) is 10.4 Å². The fourth-order valence-corrected chi connectivity index (χ4v) is 5.02. The van der Waals surface area contributed by atoms with E-state index in [9.17, 15) is 8.42 Å². The van der Waals surface area contributed by atoms with Crippen molar-refractivity contribution in [1.82, 2.24) is 15.1 Å². The molecule has 1 aliphatic carbocycles. The molecule has 19 heavy (non-hydrogen) atoms. The summed E-state index contributed by atoms with van der Waals surface area (Å²) in [6.45, 7) is 0. The predicted molar refractivity (Wildman–Crippen MR) is 73.9 cm³/mol. The monoisotopic (exact) mass is 283 g/mol. The molecule has 3 rings (SSSR count). The third-order valence-electron chi connectivity index (χ3n) is 4.37. The Bertz CT molecular complexity index is 564. The van der Waals surface area contributed by atoms with Gasteiger partial charge in [0.2, 0.25) is 0 Å². The van der Waals surface area contributed by atoms with E-state index in [4.69, 9.17) is 0 Å². The summed E-state index contributed by atoms with van der Waals surface area (Å²) in [6.07, 6.45) is 7.18. The molecule has 1 aromatic heterocycles. The van der Waals surface area contributed by atoms with Gasteiger partial charge in [0.05, 0.1) is 23.7 Å². The van der Waals surface area contributed by atoms with Crippen molar-refractivity contribution in [3.05, 3.63) is 17.5 Å². The van der Waals surface area contributed by atoms with Crippen LogP contribution in [0.15, 0.2) is 6.20 Å². The Kier molecular flexibility index (Phi) is 3.39. The van der Waals surface area contributed by atoms with Crippen molar-refractivity contribution in [3.8, 4) is 0 Å². The molecule has 0 spiro atoms. The number of nitrogens with one attached hydrogen (secondary N) is 1. The molecular weight excluding hydrogens is 262 g/mol. The first-order chi connectivity index (χ1) is 9.11. The van der Waals surface area contributed by atoms with Crippen molar-refractivity contribution in [1.29, 1.82) is 0 Å². The second-order valence-electron chi connectivity index (χ2n) is 5.64. The van der Waals surface area contributed by atoms with Crippen LogP contribution in [0.5, 0.6) is 0 Å². The van der Waals surface area contributed by atoms with Crippen LogP contribution in [0.25, 0.3) is 0 Å². The number of fused-ring (bicyclic) bond motifs is 1. The minimum absolute atomic E-state index is 0.0457. The summed E-state index contributed by atoms with van der Waals surface area (Å²) in [5.41, 5.74) is 2.52. The molecule has 0 amide bonds. The molecule has 5 nitrogen and oxygen atoms in total. The summed E-state index contributed by atoms with van der Waals surface area (Å²) in [7, 11) is -0.869. The Hall–Kier alpha value is -0.880. The van der Waals surface area contributed by atoms with E-state index in [-0.39, 0.29) is 11.8 Å². The highest BCUT2D eigenvalue weighted by molar-refractivity contribution is 7.91. The van der Waals surface area contributed by atoms with Crippen molar-refractivity contribution in [2.75, 3.05) is 18.6 Å². The van der Waals surface area contributed by atoms with Crippen molar-refractivity contribution in [2.24, 2.45) is 0 Å². The summed E-state index contributed by atoms with van der Waals surface area (Å²) >= 11 is 0. The third kappa shape index (κ3) is 2.43. The van der Waals surface area contributed by atoms with Gasteiger partial charge in [0.15, 0.2) is 9.84 Å². The smallest absolute Gasteiger partial charge is 0.152 e. The van der Waals surface area contributed by atoms with Gasteiger partial charge in [-0.1, -0.05) is 6.42 Å². The molecule has 0 saturated carbocycles. The molecule has 2 unspecified atom stereocenters. The number of hydrogen-bond acceptors (Lipinski definition) is 4. The molecule has 2 atom stereocenters. The fraction of sp³-hybridized carbons (Fsp3) is 0.769. The summed E-state index contributed by atoms with van der Waals surface area (Å²) in [6, 6.07) is 0.411. The Balaban J connectivity index is 1.94. The van der Waals surface area contributed by atoms with Crippen LogP contribution < -0.4 is 5.32 Å². The Morgan fingerprint density at radius 1 is 1.37 bits per heavy atom. The highest BCUT2D eigenvalue weighted by Gasteiger charge is 2.32.